The lowest BCUT2D eigenvalue weighted by atomic mass is 10.2. The molecule has 2 aromatic rings. The van der Waals surface area contributed by atoms with Gasteiger partial charge >= 0.3 is 0 Å². The van der Waals surface area contributed by atoms with Crippen LogP contribution in [-0.4, -0.2) is 33.9 Å². The number of nitrogens with zero attached hydrogens (tertiary/aromatic N) is 3. The zero-order chi connectivity index (χ0) is 13.8. The van der Waals surface area contributed by atoms with E-state index in [1.165, 1.54) is 42.3 Å². The van der Waals surface area contributed by atoms with Gasteiger partial charge in [-0.3, -0.25) is 4.90 Å². The Morgan fingerprint density at radius 2 is 2.25 bits per heavy atom. The summed E-state index contributed by atoms with van der Waals surface area (Å²) >= 11 is 3.32. The Bertz CT molecular complexity index is 517. The number of rotatable bonds is 6. The zero-order valence-electron chi connectivity index (χ0n) is 11.7. The van der Waals surface area contributed by atoms with Crippen LogP contribution in [0.25, 0.3) is 0 Å². The van der Waals surface area contributed by atoms with Crippen LogP contribution in [0.1, 0.15) is 36.5 Å². The summed E-state index contributed by atoms with van der Waals surface area (Å²) in [6, 6.07) is 4.85. The average Bonchev–Trinajstić information content (AvgIpc) is 3.22. The number of hydrogen-bond acceptors (Lipinski definition) is 6. The molecule has 4 nitrogen and oxygen atoms in total. The number of hydrogen-bond donors (Lipinski definition) is 1. The summed E-state index contributed by atoms with van der Waals surface area (Å²) in [4.78, 5) is 8.52. The number of thiophene rings is 1. The molecule has 1 aliphatic rings. The predicted octanol–water partition coefficient (Wildman–Crippen LogP) is 3.41. The Hall–Kier alpha value is -0.980. The maximum absolute atomic E-state index is 4.49. The monoisotopic (exact) mass is 308 g/mol. The molecule has 1 N–H and O–H groups in total. The quantitative estimate of drug-likeness (QED) is 0.888. The maximum Gasteiger partial charge on any atom is 0.202 e. The molecule has 3 heterocycles. The van der Waals surface area contributed by atoms with E-state index in [4.69, 9.17) is 0 Å². The van der Waals surface area contributed by atoms with Gasteiger partial charge in [-0.15, -0.1) is 11.3 Å². The van der Waals surface area contributed by atoms with Gasteiger partial charge < -0.3 is 5.32 Å². The van der Waals surface area contributed by atoms with Crippen LogP contribution in [0.2, 0.25) is 0 Å². The number of likely N-dealkylation sites (tertiary alicyclic amines) is 1. The van der Waals surface area contributed by atoms with Crippen molar-refractivity contribution in [2.24, 2.45) is 0 Å². The standard InChI is InChI=1S/C14H20N4S2/c1-2-13-16-14(20-17-13)15-10-11(12-6-5-9-19-12)18-7-3-4-8-18/h5-6,9,11H,2-4,7-8,10H2,1H3,(H,15,16,17). The summed E-state index contributed by atoms with van der Waals surface area (Å²) in [6.45, 7) is 5.42. The summed E-state index contributed by atoms with van der Waals surface area (Å²) in [6.07, 6.45) is 3.54. The second-order valence-corrected chi connectivity index (χ2v) is 6.76. The van der Waals surface area contributed by atoms with Gasteiger partial charge in [0.2, 0.25) is 5.13 Å². The van der Waals surface area contributed by atoms with Crippen molar-refractivity contribution >= 4 is 28.0 Å². The molecule has 108 valence electrons. The minimum Gasteiger partial charge on any atom is -0.358 e. The van der Waals surface area contributed by atoms with Crippen LogP contribution in [0, 0.1) is 0 Å². The SMILES string of the molecule is CCc1nsc(NCC(c2cccs2)N2CCCC2)n1. The molecule has 6 heteroatoms. The highest BCUT2D eigenvalue weighted by Crippen LogP contribution is 2.28. The van der Waals surface area contributed by atoms with Gasteiger partial charge in [-0.25, -0.2) is 4.98 Å². The lowest BCUT2D eigenvalue weighted by Crippen LogP contribution is -2.30. The van der Waals surface area contributed by atoms with Crippen LogP contribution in [-0.2, 0) is 6.42 Å². The summed E-state index contributed by atoms with van der Waals surface area (Å²) in [7, 11) is 0. The van der Waals surface area contributed by atoms with Crippen LogP contribution in [0.3, 0.4) is 0 Å². The second kappa shape index (κ2) is 6.65. The molecule has 1 atom stereocenters. The van der Waals surface area contributed by atoms with Crippen molar-refractivity contribution in [2.75, 3.05) is 25.0 Å². The maximum atomic E-state index is 4.49. The van der Waals surface area contributed by atoms with Gasteiger partial charge in [0.15, 0.2) is 0 Å². The van der Waals surface area contributed by atoms with Crippen molar-refractivity contribution in [3.05, 3.63) is 28.2 Å². The van der Waals surface area contributed by atoms with Gasteiger partial charge in [-0.1, -0.05) is 13.0 Å². The van der Waals surface area contributed by atoms with E-state index >= 15 is 0 Å². The molecular formula is C14H20N4S2. The van der Waals surface area contributed by atoms with Crippen molar-refractivity contribution in [3.63, 3.8) is 0 Å². The number of aromatic nitrogens is 2. The molecule has 0 spiro atoms. The Balaban J connectivity index is 1.66. The molecule has 0 radical (unpaired) electrons. The minimum atomic E-state index is 0.464. The van der Waals surface area contributed by atoms with Crippen molar-refractivity contribution in [1.29, 1.82) is 0 Å². The van der Waals surface area contributed by atoms with E-state index in [-0.39, 0.29) is 0 Å². The van der Waals surface area contributed by atoms with E-state index in [1.54, 1.807) is 0 Å². The Kier molecular flexibility index (Phi) is 4.65. The Labute approximate surface area is 128 Å². The van der Waals surface area contributed by atoms with Crippen LogP contribution in [0.4, 0.5) is 5.13 Å². The summed E-state index contributed by atoms with van der Waals surface area (Å²) in [5.74, 6) is 0.936. The largest absolute Gasteiger partial charge is 0.358 e. The molecule has 0 aliphatic carbocycles. The summed E-state index contributed by atoms with van der Waals surface area (Å²) in [5.41, 5.74) is 0. The number of nitrogens with one attached hydrogen (secondary N) is 1. The highest BCUT2D eigenvalue weighted by Gasteiger charge is 2.24. The van der Waals surface area contributed by atoms with Crippen LogP contribution in [0.15, 0.2) is 17.5 Å². The van der Waals surface area contributed by atoms with Crippen molar-refractivity contribution < 1.29 is 0 Å². The van der Waals surface area contributed by atoms with Crippen molar-refractivity contribution in [3.8, 4) is 0 Å². The minimum absolute atomic E-state index is 0.464. The molecule has 0 bridgehead atoms. The third kappa shape index (κ3) is 3.19. The molecule has 0 saturated carbocycles. The molecule has 1 aliphatic heterocycles. The molecule has 0 amide bonds. The molecular weight excluding hydrogens is 288 g/mol. The molecule has 0 aromatic carbocycles. The highest BCUT2D eigenvalue weighted by atomic mass is 32.1. The second-order valence-electron chi connectivity index (χ2n) is 5.02. The number of anilines is 1. The van der Waals surface area contributed by atoms with Crippen molar-refractivity contribution in [1.82, 2.24) is 14.3 Å². The van der Waals surface area contributed by atoms with Gasteiger partial charge in [0.25, 0.3) is 0 Å². The zero-order valence-corrected chi connectivity index (χ0v) is 13.3. The Morgan fingerprint density at radius 1 is 1.40 bits per heavy atom. The average molecular weight is 308 g/mol. The first kappa shape index (κ1) is 14.0. The summed E-state index contributed by atoms with van der Waals surface area (Å²) in [5, 5.41) is 6.59. The van der Waals surface area contributed by atoms with Crippen LogP contribution < -0.4 is 5.32 Å². The number of aryl methyl sites for hydroxylation is 1. The first-order valence-electron chi connectivity index (χ1n) is 7.20. The fourth-order valence-electron chi connectivity index (χ4n) is 2.60. The van der Waals surface area contributed by atoms with Crippen LogP contribution in [0.5, 0.6) is 0 Å². The van der Waals surface area contributed by atoms with Gasteiger partial charge in [0.1, 0.15) is 5.82 Å². The smallest absolute Gasteiger partial charge is 0.202 e. The molecule has 1 fully saturated rings. The topological polar surface area (TPSA) is 41.1 Å². The lowest BCUT2D eigenvalue weighted by molar-refractivity contribution is 0.259. The highest BCUT2D eigenvalue weighted by molar-refractivity contribution is 7.10. The summed E-state index contributed by atoms with van der Waals surface area (Å²) < 4.78 is 4.33. The first-order chi connectivity index (χ1) is 9.86. The lowest BCUT2D eigenvalue weighted by Gasteiger charge is -2.26. The molecule has 2 aromatic heterocycles. The van der Waals surface area contributed by atoms with E-state index in [0.29, 0.717) is 6.04 Å². The molecule has 3 rings (SSSR count). The third-order valence-corrected chi connectivity index (χ3v) is 5.37. The van der Waals surface area contributed by atoms with Crippen LogP contribution >= 0.6 is 22.9 Å². The Morgan fingerprint density at radius 3 is 2.90 bits per heavy atom. The third-order valence-electron chi connectivity index (χ3n) is 3.68. The molecule has 1 unspecified atom stereocenters. The van der Waals surface area contributed by atoms with Gasteiger partial charge in [0.05, 0.1) is 6.04 Å². The van der Waals surface area contributed by atoms with E-state index < -0.39 is 0 Å². The fraction of sp³-hybridized carbons (Fsp3) is 0.571. The normalized spacial score (nSPS) is 17.4. The fourth-order valence-corrected chi connectivity index (χ4v) is 4.11. The first-order valence-corrected chi connectivity index (χ1v) is 8.86. The van der Waals surface area contributed by atoms with Gasteiger partial charge in [-0.05, 0) is 37.4 Å². The van der Waals surface area contributed by atoms with Gasteiger partial charge in [-0.2, -0.15) is 4.37 Å². The van der Waals surface area contributed by atoms with E-state index in [2.05, 4.69) is 44.0 Å². The molecule has 20 heavy (non-hydrogen) atoms. The van der Waals surface area contributed by atoms with E-state index in [1.807, 2.05) is 11.3 Å². The van der Waals surface area contributed by atoms with Gasteiger partial charge in [0, 0.05) is 29.4 Å². The van der Waals surface area contributed by atoms with Crippen molar-refractivity contribution in [2.45, 2.75) is 32.2 Å². The molecule has 1 saturated heterocycles. The van der Waals surface area contributed by atoms with E-state index in [9.17, 15) is 0 Å². The van der Waals surface area contributed by atoms with E-state index in [0.717, 1.165) is 23.9 Å². The predicted molar refractivity (Wildman–Crippen MR) is 85.6 cm³/mol.